The van der Waals surface area contributed by atoms with Crippen LogP contribution in [0.25, 0.3) is 5.57 Å². The monoisotopic (exact) mass is 371 g/mol. The van der Waals surface area contributed by atoms with Crippen LogP contribution < -0.4 is 0 Å². The highest BCUT2D eigenvalue weighted by Gasteiger charge is 2.34. The van der Waals surface area contributed by atoms with E-state index in [1.807, 2.05) is 44.9 Å². The second-order valence-corrected chi connectivity index (χ2v) is 8.42. The molecule has 0 spiro atoms. The van der Waals surface area contributed by atoms with Crippen molar-refractivity contribution in [2.45, 2.75) is 57.8 Å². The van der Waals surface area contributed by atoms with Gasteiger partial charge in [-0.2, -0.15) is 17.7 Å². The summed E-state index contributed by atoms with van der Waals surface area (Å²) in [4.78, 5) is 6.30. The first-order chi connectivity index (χ1) is 12.2. The molecule has 0 amide bonds. The molecule has 0 unspecified atom stereocenters. The lowest BCUT2D eigenvalue weighted by Gasteiger charge is -2.38. The van der Waals surface area contributed by atoms with Gasteiger partial charge in [0.2, 0.25) is 0 Å². The number of rotatable bonds is 8. The summed E-state index contributed by atoms with van der Waals surface area (Å²) in [5, 5.41) is 6.94. The van der Waals surface area contributed by atoms with E-state index in [0.29, 0.717) is 0 Å². The SMILES string of the molecule is C=CN1C=C([B]OC(C)(C)C(C)(C)S)C=C/C1=C(/CCC)c1ncn[nH]1. The first kappa shape index (κ1) is 20.6. The second-order valence-electron chi connectivity index (χ2n) is 7.31. The van der Waals surface area contributed by atoms with Gasteiger partial charge in [0.05, 0.1) is 11.3 Å². The Morgan fingerprint density at radius 3 is 2.65 bits per heavy atom. The lowest BCUT2D eigenvalue weighted by atomic mass is 9.82. The summed E-state index contributed by atoms with van der Waals surface area (Å²) in [6, 6.07) is 0. The fourth-order valence-electron chi connectivity index (χ4n) is 2.34. The maximum atomic E-state index is 6.02. The summed E-state index contributed by atoms with van der Waals surface area (Å²) in [6.07, 6.45) is 11.3. The van der Waals surface area contributed by atoms with Crippen molar-refractivity contribution in [3.8, 4) is 0 Å². The van der Waals surface area contributed by atoms with Crippen molar-refractivity contribution in [2.75, 3.05) is 0 Å². The maximum Gasteiger partial charge on any atom is 0.332 e. The molecule has 0 fully saturated rings. The highest BCUT2D eigenvalue weighted by molar-refractivity contribution is 7.81. The summed E-state index contributed by atoms with van der Waals surface area (Å²) in [7, 11) is 1.77. The minimum absolute atomic E-state index is 0.272. The van der Waals surface area contributed by atoms with Crippen LogP contribution in [0.3, 0.4) is 0 Å². The Morgan fingerprint density at radius 1 is 1.38 bits per heavy atom. The Hall–Kier alpha value is -1.73. The molecule has 5 nitrogen and oxygen atoms in total. The maximum absolute atomic E-state index is 6.02. The number of hydrogen-bond acceptors (Lipinski definition) is 5. The molecule has 0 atom stereocenters. The van der Waals surface area contributed by atoms with E-state index in [1.165, 1.54) is 6.33 Å². The summed E-state index contributed by atoms with van der Waals surface area (Å²) in [6.45, 7) is 14.2. The van der Waals surface area contributed by atoms with Crippen LogP contribution in [0.2, 0.25) is 0 Å². The Labute approximate surface area is 163 Å². The third kappa shape index (κ3) is 4.71. The molecule has 139 valence electrons. The van der Waals surface area contributed by atoms with E-state index >= 15 is 0 Å². The van der Waals surface area contributed by atoms with Crippen molar-refractivity contribution in [1.29, 1.82) is 0 Å². The normalized spacial score (nSPS) is 17.2. The van der Waals surface area contributed by atoms with Gasteiger partial charge < -0.3 is 9.55 Å². The van der Waals surface area contributed by atoms with Gasteiger partial charge in [0.1, 0.15) is 6.33 Å². The van der Waals surface area contributed by atoms with Crippen molar-refractivity contribution in [3.63, 3.8) is 0 Å². The first-order valence-electron chi connectivity index (χ1n) is 8.82. The number of hydrogen-bond donors (Lipinski definition) is 2. The van der Waals surface area contributed by atoms with Gasteiger partial charge in [-0.15, -0.1) is 0 Å². The van der Waals surface area contributed by atoms with E-state index in [0.717, 1.165) is 35.4 Å². The van der Waals surface area contributed by atoms with Crippen molar-refractivity contribution in [2.24, 2.45) is 0 Å². The molecule has 1 aliphatic rings. The number of allylic oxidation sites excluding steroid dienone is 4. The van der Waals surface area contributed by atoms with Gasteiger partial charge in [0.15, 0.2) is 5.82 Å². The molecule has 7 heteroatoms. The fraction of sp³-hybridized carbons (Fsp3) is 0.474. The number of aromatic amines is 1. The molecule has 0 aliphatic carbocycles. The van der Waals surface area contributed by atoms with Gasteiger partial charge in [-0.05, 0) is 45.7 Å². The predicted molar refractivity (Wildman–Crippen MR) is 111 cm³/mol. The summed E-state index contributed by atoms with van der Waals surface area (Å²) < 4.78 is 5.74. The zero-order valence-corrected chi connectivity index (χ0v) is 17.2. The largest absolute Gasteiger partial charge is 0.428 e. The van der Waals surface area contributed by atoms with Gasteiger partial charge in [-0.25, -0.2) is 4.98 Å². The number of nitrogens with zero attached hydrogens (tertiary/aromatic N) is 3. The lowest BCUT2D eigenvalue weighted by molar-refractivity contribution is 0.0845. The van der Waals surface area contributed by atoms with Gasteiger partial charge in [-0.1, -0.05) is 26.0 Å². The van der Waals surface area contributed by atoms with Gasteiger partial charge in [-0.3, -0.25) is 5.10 Å². The third-order valence-corrected chi connectivity index (χ3v) is 5.21. The molecule has 1 N–H and O–H groups in total. The molecule has 0 bridgehead atoms. The average Bonchev–Trinajstić information content (AvgIpc) is 3.11. The molecule has 2 heterocycles. The van der Waals surface area contributed by atoms with E-state index in [2.05, 4.69) is 47.4 Å². The molecule has 0 saturated carbocycles. The predicted octanol–water partition coefficient (Wildman–Crippen LogP) is 4.30. The third-order valence-electron chi connectivity index (χ3n) is 4.67. The van der Waals surface area contributed by atoms with Crippen LogP contribution in [0.1, 0.15) is 53.3 Å². The molecule has 1 aromatic rings. The van der Waals surface area contributed by atoms with Crippen LogP contribution in [0, 0.1) is 0 Å². The van der Waals surface area contributed by atoms with Gasteiger partial charge in [0, 0.05) is 22.7 Å². The van der Waals surface area contributed by atoms with Crippen LogP contribution in [-0.4, -0.2) is 37.9 Å². The Morgan fingerprint density at radius 2 is 2.12 bits per heavy atom. The second kappa shape index (κ2) is 8.31. The molecule has 0 saturated heterocycles. The average molecular weight is 371 g/mol. The van der Waals surface area contributed by atoms with Crippen LogP contribution in [0.5, 0.6) is 0 Å². The van der Waals surface area contributed by atoms with Gasteiger partial charge in [0.25, 0.3) is 0 Å². The van der Waals surface area contributed by atoms with Crippen LogP contribution in [-0.2, 0) is 4.65 Å². The van der Waals surface area contributed by atoms with E-state index in [9.17, 15) is 0 Å². The number of nitrogens with one attached hydrogen (secondary N) is 1. The Bertz CT molecular complexity index is 714. The van der Waals surface area contributed by atoms with Crippen molar-refractivity contribution in [1.82, 2.24) is 20.1 Å². The number of thiol groups is 1. The van der Waals surface area contributed by atoms with E-state index < -0.39 is 5.60 Å². The number of aromatic nitrogens is 3. The Balaban J connectivity index is 2.23. The van der Waals surface area contributed by atoms with Crippen LogP contribution >= 0.6 is 12.6 Å². The quantitative estimate of drug-likeness (QED) is 0.529. The summed E-state index contributed by atoms with van der Waals surface area (Å²) in [5.74, 6) is 0.786. The molecular weight excluding hydrogens is 343 g/mol. The van der Waals surface area contributed by atoms with Crippen molar-refractivity contribution < 1.29 is 4.65 Å². The van der Waals surface area contributed by atoms with Crippen molar-refractivity contribution in [3.05, 3.63) is 54.5 Å². The molecule has 26 heavy (non-hydrogen) atoms. The first-order valence-corrected chi connectivity index (χ1v) is 9.27. The summed E-state index contributed by atoms with van der Waals surface area (Å²) in [5.41, 5.74) is 2.68. The zero-order chi connectivity index (χ0) is 19.4. The van der Waals surface area contributed by atoms with E-state index in [4.69, 9.17) is 4.65 Å². The minimum atomic E-state index is -0.410. The highest BCUT2D eigenvalue weighted by atomic mass is 32.1. The molecule has 1 aromatic heterocycles. The molecule has 1 radical (unpaired) electrons. The Kier molecular flexibility index (Phi) is 6.58. The fourth-order valence-corrected chi connectivity index (χ4v) is 2.39. The van der Waals surface area contributed by atoms with Crippen LogP contribution in [0.4, 0.5) is 0 Å². The topological polar surface area (TPSA) is 54.0 Å². The summed E-state index contributed by atoms with van der Waals surface area (Å²) >= 11 is 4.64. The molecular formula is C19H28BN4OS. The van der Waals surface area contributed by atoms with Crippen LogP contribution in [0.15, 0.2) is 48.6 Å². The molecule has 2 rings (SSSR count). The van der Waals surface area contributed by atoms with Crippen molar-refractivity contribution >= 4 is 25.7 Å². The standard InChI is InChI=1S/C19H28BN4OS/c1-7-9-15(17-21-13-22-23-17)16-11-10-14(12-24(16)8-2)20-25-18(3,4)19(5,6)26/h8,10-13,26H,2,7,9H2,1,3-6H3,(H,21,22,23)/b16-15+. The smallest absolute Gasteiger partial charge is 0.332 e. The molecule has 0 aromatic carbocycles. The number of H-pyrrole nitrogens is 1. The van der Waals surface area contributed by atoms with E-state index in [-0.39, 0.29) is 4.75 Å². The minimum Gasteiger partial charge on any atom is -0.428 e. The lowest BCUT2D eigenvalue weighted by Crippen LogP contribution is -2.44. The van der Waals surface area contributed by atoms with E-state index in [1.54, 1.807) is 13.7 Å². The zero-order valence-electron chi connectivity index (χ0n) is 16.3. The highest BCUT2D eigenvalue weighted by Crippen LogP contribution is 2.32. The molecule has 1 aliphatic heterocycles. The van der Waals surface area contributed by atoms with Gasteiger partial charge >= 0.3 is 7.48 Å².